The van der Waals surface area contributed by atoms with E-state index in [1.165, 1.54) is 6.07 Å². The molecule has 2 saturated heterocycles. The van der Waals surface area contributed by atoms with E-state index in [9.17, 15) is 27.9 Å². The second-order valence-corrected chi connectivity index (χ2v) is 10.7. The van der Waals surface area contributed by atoms with Gasteiger partial charge in [-0.05, 0) is 86.0 Å². The molecule has 6 nitrogen and oxygen atoms in total. The lowest BCUT2D eigenvalue weighted by atomic mass is 9.80. The Bertz CT molecular complexity index is 1130. The molecule has 4 rings (SSSR count). The number of carboxylic acid groups (broad SMARTS) is 1. The normalized spacial score (nSPS) is 23.4. The summed E-state index contributed by atoms with van der Waals surface area (Å²) in [7, 11) is 0. The third-order valence-electron chi connectivity index (χ3n) is 8.06. The minimum absolute atomic E-state index is 0.000599. The van der Waals surface area contributed by atoms with Crippen molar-refractivity contribution in [2.45, 2.75) is 69.8 Å². The summed E-state index contributed by atoms with van der Waals surface area (Å²) in [6, 6.07) is 12.3. The molecule has 38 heavy (non-hydrogen) atoms. The second-order valence-electron chi connectivity index (χ2n) is 10.7. The van der Waals surface area contributed by atoms with Crippen LogP contribution in [0.1, 0.15) is 72.5 Å². The van der Waals surface area contributed by atoms with E-state index in [0.717, 1.165) is 50.0 Å². The molecule has 0 spiro atoms. The first-order valence-electron chi connectivity index (χ1n) is 13.2. The van der Waals surface area contributed by atoms with Gasteiger partial charge in [-0.3, -0.25) is 9.69 Å². The number of hydrogen-bond donors (Lipinski definition) is 2. The molecule has 0 aromatic heterocycles. The van der Waals surface area contributed by atoms with Gasteiger partial charge in [0.25, 0.3) is 5.91 Å². The molecule has 1 amide bonds. The van der Waals surface area contributed by atoms with Gasteiger partial charge in [0.1, 0.15) is 5.60 Å². The number of amides is 1. The number of aromatic carboxylic acids is 1. The molecule has 2 N–H and O–H groups in total. The van der Waals surface area contributed by atoms with E-state index in [4.69, 9.17) is 4.74 Å². The Hall–Kier alpha value is -2.91. The van der Waals surface area contributed by atoms with Crippen LogP contribution in [0.15, 0.2) is 48.5 Å². The summed E-state index contributed by atoms with van der Waals surface area (Å²) < 4.78 is 45.4. The summed E-state index contributed by atoms with van der Waals surface area (Å²) in [6.07, 6.45) is -1.27. The predicted octanol–water partition coefficient (Wildman–Crippen LogP) is 5.47. The molecular formula is C29H35F3N2O4. The van der Waals surface area contributed by atoms with E-state index >= 15 is 0 Å². The highest BCUT2D eigenvalue weighted by molar-refractivity contribution is 5.87. The molecule has 2 atom stereocenters. The standard InChI is InChI=1S/C29H35F3N2O4/c1-19(2)28(27(37)33-17-20-5-3-8-24(15-20)29(30,31)32)12-9-25(18-38-28)34-13-10-21(11-14-34)22-6-4-7-23(16-22)26(35)36/h3-8,15-16,19,21,25H,9-14,17-18H2,1-2H3,(H,33,37)(H,35,36)/t25-,28+/m1/s1. The predicted molar refractivity (Wildman–Crippen MR) is 137 cm³/mol. The molecule has 206 valence electrons. The summed E-state index contributed by atoms with van der Waals surface area (Å²) >= 11 is 0. The van der Waals surface area contributed by atoms with Crippen molar-refractivity contribution in [3.63, 3.8) is 0 Å². The lowest BCUT2D eigenvalue weighted by Crippen LogP contribution is -2.58. The number of carbonyl (C=O) groups excluding carboxylic acids is 1. The molecule has 2 heterocycles. The van der Waals surface area contributed by atoms with Crippen molar-refractivity contribution in [1.82, 2.24) is 10.2 Å². The number of alkyl halides is 3. The number of carbonyl (C=O) groups is 2. The molecule has 0 bridgehead atoms. The van der Waals surface area contributed by atoms with Crippen LogP contribution in [-0.2, 0) is 22.3 Å². The number of ether oxygens (including phenoxy) is 1. The molecule has 2 fully saturated rings. The van der Waals surface area contributed by atoms with Gasteiger partial charge in [0.2, 0.25) is 0 Å². The van der Waals surface area contributed by atoms with Gasteiger partial charge in [0.05, 0.1) is 17.7 Å². The quantitative estimate of drug-likeness (QED) is 0.494. The lowest BCUT2D eigenvalue weighted by molar-refractivity contribution is -0.170. The van der Waals surface area contributed by atoms with Crippen LogP contribution < -0.4 is 5.32 Å². The highest BCUT2D eigenvalue weighted by atomic mass is 19.4. The largest absolute Gasteiger partial charge is 0.478 e. The third kappa shape index (κ3) is 6.21. The van der Waals surface area contributed by atoms with Gasteiger partial charge in [-0.25, -0.2) is 4.79 Å². The molecule has 2 aliphatic heterocycles. The highest BCUT2D eigenvalue weighted by Gasteiger charge is 2.46. The lowest BCUT2D eigenvalue weighted by Gasteiger charge is -2.46. The van der Waals surface area contributed by atoms with Crippen LogP contribution in [0.2, 0.25) is 0 Å². The van der Waals surface area contributed by atoms with Crippen LogP contribution in [0.5, 0.6) is 0 Å². The van der Waals surface area contributed by atoms with Crippen molar-refractivity contribution >= 4 is 11.9 Å². The monoisotopic (exact) mass is 532 g/mol. The number of rotatable bonds is 7. The highest BCUT2D eigenvalue weighted by Crippen LogP contribution is 2.37. The van der Waals surface area contributed by atoms with Gasteiger partial charge < -0.3 is 15.2 Å². The molecule has 0 unspecified atom stereocenters. The Morgan fingerprint density at radius 3 is 2.42 bits per heavy atom. The average molecular weight is 533 g/mol. The summed E-state index contributed by atoms with van der Waals surface area (Å²) in [5, 5.41) is 12.1. The Morgan fingerprint density at radius 2 is 1.82 bits per heavy atom. The molecular weight excluding hydrogens is 497 g/mol. The van der Waals surface area contributed by atoms with Crippen LogP contribution in [0, 0.1) is 5.92 Å². The fourth-order valence-electron chi connectivity index (χ4n) is 5.68. The van der Waals surface area contributed by atoms with Crippen molar-refractivity contribution in [3.05, 3.63) is 70.8 Å². The molecule has 0 radical (unpaired) electrons. The van der Waals surface area contributed by atoms with E-state index in [-0.39, 0.29) is 24.4 Å². The first-order chi connectivity index (χ1) is 18.0. The number of hydrogen-bond acceptors (Lipinski definition) is 4. The molecule has 2 aliphatic rings. The van der Waals surface area contributed by atoms with Crippen LogP contribution >= 0.6 is 0 Å². The van der Waals surface area contributed by atoms with Gasteiger partial charge in [-0.1, -0.05) is 38.1 Å². The number of likely N-dealkylation sites (tertiary alicyclic amines) is 1. The van der Waals surface area contributed by atoms with Gasteiger partial charge in [0.15, 0.2) is 0 Å². The minimum atomic E-state index is -4.43. The van der Waals surface area contributed by atoms with E-state index in [0.29, 0.717) is 30.1 Å². The zero-order valence-corrected chi connectivity index (χ0v) is 21.8. The molecule has 0 aliphatic carbocycles. The third-order valence-corrected chi connectivity index (χ3v) is 8.06. The minimum Gasteiger partial charge on any atom is -0.478 e. The topological polar surface area (TPSA) is 78.9 Å². The maximum atomic E-state index is 13.3. The molecule has 2 aromatic rings. The zero-order chi connectivity index (χ0) is 27.5. The number of piperidine rings is 1. The van der Waals surface area contributed by atoms with E-state index in [1.54, 1.807) is 24.3 Å². The number of carboxylic acids is 1. The van der Waals surface area contributed by atoms with E-state index in [1.807, 2.05) is 19.9 Å². The van der Waals surface area contributed by atoms with Crippen molar-refractivity contribution in [2.24, 2.45) is 5.92 Å². The summed E-state index contributed by atoms with van der Waals surface area (Å²) in [6.45, 7) is 6.01. The Kier molecular flexibility index (Phi) is 8.47. The SMILES string of the molecule is CC(C)[C@]1(C(=O)NCc2cccc(C(F)(F)F)c2)CC[C@@H](N2CCC(c3cccc(C(=O)O)c3)CC2)CO1. The second kappa shape index (κ2) is 11.5. The fourth-order valence-corrected chi connectivity index (χ4v) is 5.68. The molecule has 9 heteroatoms. The number of benzene rings is 2. The number of nitrogens with zero attached hydrogens (tertiary/aromatic N) is 1. The van der Waals surface area contributed by atoms with Crippen LogP contribution in [0.4, 0.5) is 13.2 Å². The van der Waals surface area contributed by atoms with E-state index < -0.39 is 23.3 Å². The molecule has 0 saturated carbocycles. The fraction of sp³-hybridized carbons (Fsp3) is 0.517. The smallest absolute Gasteiger partial charge is 0.416 e. The van der Waals surface area contributed by atoms with Crippen molar-refractivity contribution < 1.29 is 32.6 Å². The maximum absolute atomic E-state index is 13.3. The Balaban J connectivity index is 1.32. The van der Waals surface area contributed by atoms with Gasteiger partial charge in [-0.2, -0.15) is 13.2 Å². The number of halogens is 3. The number of nitrogens with one attached hydrogen (secondary N) is 1. The molecule has 2 aromatic carbocycles. The van der Waals surface area contributed by atoms with Crippen molar-refractivity contribution in [1.29, 1.82) is 0 Å². The van der Waals surface area contributed by atoms with Crippen molar-refractivity contribution in [2.75, 3.05) is 19.7 Å². The first kappa shape index (κ1) is 28.1. The summed E-state index contributed by atoms with van der Waals surface area (Å²) in [5.74, 6) is -1.000. The Labute approximate surface area is 221 Å². The first-order valence-corrected chi connectivity index (χ1v) is 13.2. The van der Waals surface area contributed by atoms with Gasteiger partial charge >= 0.3 is 12.1 Å². The van der Waals surface area contributed by atoms with Crippen LogP contribution in [-0.4, -0.2) is 53.2 Å². The summed E-state index contributed by atoms with van der Waals surface area (Å²) in [4.78, 5) is 27.0. The zero-order valence-electron chi connectivity index (χ0n) is 21.8. The van der Waals surface area contributed by atoms with Crippen molar-refractivity contribution in [3.8, 4) is 0 Å². The van der Waals surface area contributed by atoms with E-state index in [2.05, 4.69) is 10.2 Å². The average Bonchev–Trinajstić information content (AvgIpc) is 2.91. The summed E-state index contributed by atoms with van der Waals surface area (Å²) in [5.41, 5.74) is -0.00793. The maximum Gasteiger partial charge on any atom is 0.416 e. The van der Waals surface area contributed by atoms with Crippen LogP contribution in [0.25, 0.3) is 0 Å². The van der Waals surface area contributed by atoms with Gasteiger partial charge in [-0.15, -0.1) is 0 Å². The van der Waals surface area contributed by atoms with Crippen LogP contribution in [0.3, 0.4) is 0 Å². The van der Waals surface area contributed by atoms with Gasteiger partial charge in [0, 0.05) is 12.6 Å². The Morgan fingerprint density at radius 1 is 1.11 bits per heavy atom.